The van der Waals surface area contributed by atoms with E-state index in [1.54, 1.807) is 6.92 Å². The van der Waals surface area contributed by atoms with Crippen LogP contribution in [0, 0.1) is 5.92 Å². The predicted molar refractivity (Wildman–Crippen MR) is 61.1 cm³/mol. The van der Waals surface area contributed by atoms with Crippen molar-refractivity contribution in [1.82, 2.24) is 0 Å². The average molecular weight is 230 g/mol. The normalized spacial score (nSPS) is 12.1. The Balaban J connectivity index is 3.88. The number of esters is 1. The Hall–Kier alpha value is -1.06. The summed E-state index contributed by atoms with van der Waals surface area (Å²) >= 11 is 0. The molecule has 0 spiro atoms. The zero-order chi connectivity index (χ0) is 12.4. The van der Waals surface area contributed by atoms with Gasteiger partial charge in [-0.3, -0.25) is 9.59 Å². The van der Waals surface area contributed by atoms with Gasteiger partial charge in [-0.1, -0.05) is 32.6 Å². The lowest BCUT2D eigenvalue weighted by atomic mass is 9.98. The maximum Gasteiger partial charge on any atom is 0.307 e. The second-order valence-corrected chi connectivity index (χ2v) is 3.89. The van der Waals surface area contributed by atoms with Gasteiger partial charge in [0.25, 0.3) is 0 Å². The highest BCUT2D eigenvalue weighted by molar-refractivity contribution is 5.78. The lowest BCUT2D eigenvalue weighted by Crippen LogP contribution is -2.19. The SMILES string of the molecule is CCCCCCC(CC(=O)OCC)C(=O)O. The van der Waals surface area contributed by atoms with Crippen molar-refractivity contribution in [2.75, 3.05) is 6.61 Å². The van der Waals surface area contributed by atoms with Crippen molar-refractivity contribution >= 4 is 11.9 Å². The third-order valence-electron chi connectivity index (χ3n) is 2.47. The topological polar surface area (TPSA) is 63.6 Å². The Morgan fingerprint density at radius 3 is 2.38 bits per heavy atom. The molecule has 0 amide bonds. The molecule has 0 rings (SSSR count). The maximum absolute atomic E-state index is 11.2. The van der Waals surface area contributed by atoms with E-state index >= 15 is 0 Å². The Morgan fingerprint density at radius 1 is 1.19 bits per heavy atom. The summed E-state index contributed by atoms with van der Waals surface area (Å²) in [5.41, 5.74) is 0. The molecule has 94 valence electrons. The van der Waals surface area contributed by atoms with E-state index in [0.29, 0.717) is 13.0 Å². The van der Waals surface area contributed by atoms with Crippen molar-refractivity contribution in [1.29, 1.82) is 0 Å². The quantitative estimate of drug-likeness (QED) is 0.488. The van der Waals surface area contributed by atoms with Gasteiger partial charge in [-0.25, -0.2) is 0 Å². The fourth-order valence-electron chi connectivity index (χ4n) is 1.55. The van der Waals surface area contributed by atoms with Crippen molar-refractivity contribution < 1.29 is 19.4 Å². The standard InChI is InChI=1S/C12H22O4/c1-3-5-6-7-8-10(12(14)15)9-11(13)16-4-2/h10H,3-9H2,1-2H3,(H,14,15). The number of carboxylic acid groups (broad SMARTS) is 1. The third kappa shape index (κ3) is 7.26. The number of aliphatic carboxylic acids is 1. The predicted octanol–water partition coefficient (Wildman–Crippen LogP) is 2.61. The molecule has 0 aromatic heterocycles. The van der Waals surface area contributed by atoms with Crippen LogP contribution >= 0.6 is 0 Å². The molecule has 0 aromatic carbocycles. The smallest absolute Gasteiger partial charge is 0.307 e. The van der Waals surface area contributed by atoms with Gasteiger partial charge in [0.1, 0.15) is 0 Å². The van der Waals surface area contributed by atoms with Crippen molar-refractivity contribution in [3.8, 4) is 0 Å². The minimum absolute atomic E-state index is 0.00466. The van der Waals surface area contributed by atoms with Crippen LogP contribution in [-0.2, 0) is 14.3 Å². The molecule has 0 saturated heterocycles. The van der Waals surface area contributed by atoms with Gasteiger partial charge in [0.05, 0.1) is 18.9 Å². The van der Waals surface area contributed by atoms with Gasteiger partial charge in [-0.15, -0.1) is 0 Å². The lowest BCUT2D eigenvalue weighted by Gasteiger charge is -2.11. The first kappa shape index (κ1) is 14.9. The summed E-state index contributed by atoms with van der Waals surface area (Å²) in [6.07, 6.45) is 4.69. The fraction of sp³-hybridized carbons (Fsp3) is 0.833. The Morgan fingerprint density at radius 2 is 1.88 bits per heavy atom. The number of hydrogen-bond acceptors (Lipinski definition) is 3. The molecule has 4 nitrogen and oxygen atoms in total. The second-order valence-electron chi connectivity index (χ2n) is 3.89. The molecule has 0 aliphatic heterocycles. The van der Waals surface area contributed by atoms with E-state index in [9.17, 15) is 9.59 Å². The van der Waals surface area contributed by atoms with Gasteiger partial charge in [0.15, 0.2) is 0 Å². The number of carbonyl (C=O) groups is 2. The molecule has 16 heavy (non-hydrogen) atoms. The van der Waals surface area contributed by atoms with Gasteiger partial charge in [0, 0.05) is 0 Å². The molecule has 0 aliphatic carbocycles. The number of rotatable bonds is 9. The first-order valence-corrected chi connectivity index (χ1v) is 6.00. The largest absolute Gasteiger partial charge is 0.481 e. The molecular formula is C12H22O4. The van der Waals surface area contributed by atoms with E-state index in [2.05, 4.69) is 6.92 Å². The molecule has 1 atom stereocenters. The molecular weight excluding hydrogens is 208 g/mol. The van der Waals surface area contributed by atoms with Crippen LogP contribution in [0.4, 0.5) is 0 Å². The highest BCUT2D eigenvalue weighted by Gasteiger charge is 2.21. The molecule has 0 aromatic rings. The third-order valence-corrected chi connectivity index (χ3v) is 2.47. The summed E-state index contributed by atoms with van der Waals surface area (Å²) in [6, 6.07) is 0. The average Bonchev–Trinajstić information content (AvgIpc) is 2.22. The van der Waals surface area contributed by atoms with Crippen molar-refractivity contribution in [3.05, 3.63) is 0 Å². The number of carbonyl (C=O) groups excluding carboxylic acids is 1. The van der Waals surface area contributed by atoms with Crippen LogP contribution in [0.1, 0.15) is 52.4 Å². The Kier molecular flexibility index (Phi) is 8.58. The van der Waals surface area contributed by atoms with Gasteiger partial charge >= 0.3 is 11.9 Å². The summed E-state index contributed by atoms with van der Waals surface area (Å²) < 4.78 is 4.75. The van der Waals surface area contributed by atoms with E-state index < -0.39 is 17.9 Å². The number of carboxylic acids is 1. The highest BCUT2D eigenvalue weighted by atomic mass is 16.5. The molecule has 0 heterocycles. The van der Waals surface area contributed by atoms with Crippen LogP contribution in [0.5, 0.6) is 0 Å². The van der Waals surface area contributed by atoms with Crippen molar-refractivity contribution in [3.63, 3.8) is 0 Å². The van der Waals surface area contributed by atoms with Gasteiger partial charge in [-0.05, 0) is 13.3 Å². The summed E-state index contributed by atoms with van der Waals surface area (Å²) in [4.78, 5) is 22.1. The molecule has 0 saturated carbocycles. The van der Waals surface area contributed by atoms with E-state index in [1.165, 1.54) is 0 Å². The number of ether oxygens (including phenoxy) is 1. The zero-order valence-electron chi connectivity index (χ0n) is 10.2. The summed E-state index contributed by atoms with van der Waals surface area (Å²) in [5.74, 6) is -1.90. The van der Waals surface area contributed by atoms with Crippen LogP contribution in [0.2, 0.25) is 0 Å². The Bertz CT molecular complexity index is 213. The van der Waals surface area contributed by atoms with Crippen LogP contribution < -0.4 is 0 Å². The van der Waals surface area contributed by atoms with Crippen molar-refractivity contribution in [2.45, 2.75) is 52.4 Å². The molecule has 0 aliphatic rings. The van der Waals surface area contributed by atoms with E-state index in [-0.39, 0.29) is 6.42 Å². The van der Waals surface area contributed by atoms with E-state index in [1.807, 2.05) is 0 Å². The molecule has 1 unspecified atom stereocenters. The van der Waals surface area contributed by atoms with Crippen molar-refractivity contribution in [2.24, 2.45) is 5.92 Å². The fourth-order valence-corrected chi connectivity index (χ4v) is 1.55. The number of unbranched alkanes of at least 4 members (excludes halogenated alkanes) is 3. The summed E-state index contributed by atoms with van der Waals surface area (Å²) in [5, 5.41) is 8.94. The van der Waals surface area contributed by atoms with Gasteiger partial charge in [0.2, 0.25) is 0 Å². The monoisotopic (exact) mass is 230 g/mol. The molecule has 4 heteroatoms. The van der Waals surface area contributed by atoms with Crippen LogP contribution in [-0.4, -0.2) is 23.7 Å². The molecule has 0 fully saturated rings. The molecule has 0 radical (unpaired) electrons. The first-order chi connectivity index (χ1) is 7.61. The maximum atomic E-state index is 11.2. The van der Waals surface area contributed by atoms with Crippen LogP contribution in [0.25, 0.3) is 0 Å². The molecule has 1 N–H and O–H groups in total. The highest BCUT2D eigenvalue weighted by Crippen LogP contribution is 2.15. The van der Waals surface area contributed by atoms with E-state index in [4.69, 9.17) is 9.84 Å². The minimum Gasteiger partial charge on any atom is -0.481 e. The van der Waals surface area contributed by atoms with Crippen LogP contribution in [0.3, 0.4) is 0 Å². The Labute approximate surface area is 97.0 Å². The molecule has 0 bridgehead atoms. The van der Waals surface area contributed by atoms with Crippen LogP contribution in [0.15, 0.2) is 0 Å². The zero-order valence-corrected chi connectivity index (χ0v) is 10.2. The van der Waals surface area contributed by atoms with E-state index in [0.717, 1.165) is 25.7 Å². The lowest BCUT2D eigenvalue weighted by molar-refractivity contribution is -0.151. The van der Waals surface area contributed by atoms with Gasteiger partial charge in [-0.2, -0.15) is 0 Å². The summed E-state index contributed by atoms with van der Waals surface area (Å²) in [7, 11) is 0. The minimum atomic E-state index is -0.899. The second kappa shape index (κ2) is 9.19. The number of hydrogen-bond donors (Lipinski definition) is 1. The summed E-state index contributed by atoms with van der Waals surface area (Å²) in [6.45, 7) is 4.13. The first-order valence-electron chi connectivity index (χ1n) is 6.00. The van der Waals surface area contributed by atoms with Gasteiger partial charge < -0.3 is 9.84 Å².